The minimum atomic E-state index is -0.151. The highest BCUT2D eigenvalue weighted by molar-refractivity contribution is 6.44. The molecule has 0 unspecified atom stereocenters. The fourth-order valence-corrected chi connectivity index (χ4v) is 1.53. The first kappa shape index (κ1) is 18.0. The smallest absolute Gasteiger partial charge is 0.105 e. The molecule has 2 heteroatoms. The summed E-state index contributed by atoms with van der Waals surface area (Å²) in [5.74, 6) is 0. The van der Waals surface area contributed by atoms with Gasteiger partial charge in [-0.3, -0.25) is 0 Å². The molecule has 0 aromatic rings. The molecule has 0 aromatic heterocycles. The lowest BCUT2D eigenvalue weighted by molar-refractivity contribution is 0.650. The van der Waals surface area contributed by atoms with E-state index in [-0.39, 0.29) is 4.84 Å². The number of hydrogen-bond donors (Lipinski definition) is 0. The van der Waals surface area contributed by atoms with E-state index in [4.69, 9.17) is 23.2 Å². The van der Waals surface area contributed by atoms with Crippen molar-refractivity contribution in [1.82, 2.24) is 0 Å². The summed E-state index contributed by atoms with van der Waals surface area (Å²) in [4.78, 5) is -0.151. The second-order valence-corrected chi connectivity index (χ2v) is 5.22. The molecular formula is C13H28Cl2. The lowest BCUT2D eigenvalue weighted by Crippen LogP contribution is -1.85. The van der Waals surface area contributed by atoms with E-state index in [9.17, 15) is 0 Å². The highest BCUT2D eigenvalue weighted by Crippen LogP contribution is 2.12. The minimum absolute atomic E-state index is 0.151. The van der Waals surface area contributed by atoms with Crippen LogP contribution in [-0.4, -0.2) is 4.84 Å². The van der Waals surface area contributed by atoms with Crippen molar-refractivity contribution in [2.75, 3.05) is 0 Å². The Labute approximate surface area is 107 Å². The van der Waals surface area contributed by atoms with E-state index < -0.39 is 0 Å². The van der Waals surface area contributed by atoms with Crippen molar-refractivity contribution in [1.29, 1.82) is 0 Å². The summed E-state index contributed by atoms with van der Waals surface area (Å²) in [7, 11) is 0. The first-order chi connectivity index (χ1) is 7.18. The molecule has 0 nitrogen and oxygen atoms in total. The Hall–Kier alpha value is 0.580. The molecule has 15 heavy (non-hydrogen) atoms. The number of alkyl halides is 2. The Morgan fingerprint density at radius 3 is 1.40 bits per heavy atom. The summed E-state index contributed by atoms with van der Waals surface area (Å²) >= 11 is 11.0. The Balaban J connectivity index is 0. The van der Waals surface area contributed by atoms with Gasteiger partial charge in [-0.1, -0.05) is 72.1 Å². The molecule has 0 radical (unpaired) electrons. The summed E-state index contributed by atoms with van der Waals surface area (Å²) < 4.78 is 0. The molecule has 0 saturated heterocycles. The maximum Gasteiger partial charge on any atom is 0.107 e. The predicted octanol–water partition coefficient (Wildman–Crippen LogP) is 6.35. The van der Waals surface area contributed by atoms with Gasteiger partial charge in [0.1, 0.15) is 4.84 Å². The van der Waals surface area contributed by atoms with Gasteiger partial charge in [-0.2, -0.15) is 0 Å². The van der Waals surface area contributed by atoms with Gasteiger partial charge >= 0.3 is 0 Å². The third kappa shape index (κ3) is 25.1. The molecule has 0 aliphatic rings. The summed E-state index contributed by atoms with van der Waals surface area (Å²) in [5.41, 5.74) is 0. The van der Waals surface area contributed by atoms with Crippen molar-refractivity contribution in [3.05, 3.63) is 0 Å². The molecule has 0 saturated carbocycles. The molecule has 0 N–H and O–H groups in total. The third-order valence-corrected chi connectivity index (χ3v) is 2.67. The molecule has 0 fully saturated rings. The highest BCUT2D eigenvalue weighted by atomic mass is 35.5. The van der Waals surface area contributed by atoms with Crippen LogP contribution in [0.3, 0.4) is 0 Å². The Bertz CT molecular complexity index is 88.5. The molecule has 0 spiro atoms. The average molecular weight is 255 g/mol. The largest absolute Gasteiger partial charge is 0.107 e. The van der Waals surface area contributed by atoms with E-state index >= 15 is 0 Å². The standard InChI is InChI=1S/C7H14Cl2.C6H14/c1-2-3-4-5-6-7(8)9;1-3-5-6-4-2/h7H,2-6H2,1H3;3-6H2,1-2H3. The molecular weight excluding hydrogens is 227 g/mol. The monoisotopic (exact) mass is 254 g/mol. The third-order valence-electron chi connectivity index (χ3n) is 2.23. The molecule has 0 amide bonds. The van der Waals surface area contributed by atoms with Crippen LogP contribution in [0.1, 0.15) is 78.6 Å². The SMILES string of the molecule is CCCCCC.CCCCCCC(Cl)Cl. The van der Waals surface area contributed by atoms with Crippen molar-refractivity contribution < 1.29 is 0 Å². The molecule has 0 bridgehead atoms. The van der Waals surface area contributed by atoms with E-state index in [0.717, 1.165) is 6.42 Å². The molecule has 0 aliphatic carbocycles. The zero-order valence-corrected chi connectivity index (χ0v) is 12.2. The molecule has 0 aromatic carbocycles. The van der Waals surface area contributed by atoms with E-state index in [1.807, 2.05) is 0 Å². The summed E-state index contributed by atoms with van der Waals surface area (Å²) in [6.45, 7) is 6.66. The normalized spacial score (nSPS) is 10.0. The van der Waals surface area contributed by atoms with Crippen molar-refractivity contribution in [2.45, 2.75) is 83.4 Å². The molecule has 0 heterocycles. The van der Waals surface area contributed by atoms with Gasteiger partial charge in [-0.25, -0.2) is 0 Å². The Morgan fingerprint density at radius 2 is 1.07 bits per heavy atom. The van der Waals surface area contributed by atoms with Gasteiger partial charge in [0.2, 0.25) is 0 Å². The second kappa shape index (κ2) is 17.0. The Kier molecular flexibility index (Phi) is 20.3. The average Bonchev–Trinajstić information content (AvgIpc) is 2.22. The van der Waals surface area contributed by atoms with Crippen LogP contribution in [0.15, 0.2) is 0 Å². The van der Waals surface area contributed by atoms with Crippen molar-refractivity contribution >= 4 is 23.2 Å². The number of rotatable bonds is 8. The molecule has 94 valence electrons. The van der Waals surface area contributed by atoms with Crippen LogP contribution < -0.4 is 0 Å². The Morgan fingerprint density at radius 1 is 0.667 bits per heavy atom. The minimum Gasteiger partial charge on any atom is -0.105 e. The van der Waals surface area contributed by atoms with Crippen LogP contribution in [-0.2, 0) is 0 Å². The maximum atomic E-state index is 5.52. The van der Waals surface area contributed by atoms with Crippen molar-refractivity contribution in [3.8, 4) is 0 Å². The van der Waals surface area contributed by atoms with E-state index in [2.05, 4.69) is 20.8 Å². The van der Waals surface area contributed by atoms with Crippen LogP contribution in [0.5, 0.6) is 0 Å². The van der Waals surface area contributed by atoms with E-state index in [0.29, 0.717) is 0 Å². The van der Waals surface area contributed by atoms with Gasteiger partial charge in [0.25, 0.3) is 0 Å². The fourth-order valence-electron chi connectivity index (χ4n) is 1.23. The summed E-state index contributed by atoms with van der Waals surface area (Å²) in [6, 6.07) is 0. The van der Waals surface area contributed by atoms with Gasteiger partial charge in [-0.15, -0.1) is 23.2 Å². The molecule has 0 atom stereocenters. The number of halogens is 2. The second-order valence-electron chi connectivity index (χ2n) is 3.95. The lowest BCUT2D eigenvalue weighted by Gasteiger charge is -1.98. The molecule has 0 aliphatic heterocycles. The highest BCUT2D eigenvalue weighted by Gasteiger charge is 1.96. The quantitative estimate of drug-likeness (QED) is 0.350. The van der Waals surface area contributed by atoms with Crippen LogP contribution in [0, 0.1) is 0 Å². The fraction of sp³-hybridized carbons (Fsp3) is 1.00. The number of hydrogen-bond acceptors (Lipinski definition) is 0. The summed E-state index contributed by atoms with van der Waals surface area (Å²) in [6.07, 6.45) is 11.5. The predicted molar refractivity (Wildman–Crippen MR) is 74.1 cm³/mol. The van der Waals surface area contributed by atoms with Gasteiger partial charge < -0.3 is 0 Å². The maximum absolute atomic E-state index is 5.52. The van der Waals surface area contributed by atoms with Gasteiger partial charge in [0, 0.05) is 0 Å². The van der Waals surface area contributed by atoms with Crippen LogP contribution >= 0.6 is 23.2 Å². The molecule has 0 rings (SSSR count). The summed E-state index contributed by atoms with van der Waals surface area (Å²) in [5, 5.41) is 0. The van der Waals surface area contributed by atoms with Crippen LogP contribution in [0.4, 0.5) is 0 Å². The van der Waals surface area contributed by atoms with Crippen LogP contribution in [0.2, 0.25) is 0 Å². The first-order valence-electron chi connectivity index (χ1n) is 6.47. The first-order valence-corrected chi connectivity index (χ1v) is 7.34. The van der Waals surface area contributed by atoms with Gasteiger partial charge in [-0.05, 0) is 6.42 Å². The van der Waals surface area contributed by atoms with Crippen LogP contribution in [0.25, 0.3) is 0 Å². The zero-order valence-electron chi connectivity index (χ0n) is 10.7. The van der Waals surface area contributed by atoms with Crippen molar-refractivity contribution in [3.63, 3.8) is 0 Å². The van der Waals surface area contributed by atoms with Gasteiger partial charge in [0.15, 0.2) is 0 Å². The number of unbranched alkanes of at least 4 members (excludes halogenated alkanes) is 6. The van der Waals surface area contributed by atoms with Gasteiger partial charge in [0.05, 0.1) is 0 Å². The van der Waals surface area contributed by atoms with E-state index in [1.165, 1.54) is 51.4 Å². The van der Waals surface area contributed by atoms with Crippen molar-refractivity contribution in [2.24, 2.45) is 0 Å². The van der Waals surface area contributed by atoms with E-state index in [1.54, 1.807) is 0 Å². The zero-order chi connectivity index (χ0) is 11.9. The topological polar surface area (TPSA) is 0 Å². The lowest BCUT2D eigenvalue weighted by atomic mass is 10.2.